The van der Waals surface area contributed by atoms with E-state index in [-0.39, 0.29) is 11.9 Å². The van der Waals surface area contributed by atoms with Crippen LogP contribution in [-0.2, 0) is 4.79 Å². The van der Waals surface area contributed by atoms with E-state index >= 15 is 0 Å². The summed E-state index contributed by atoms with van der Waals surface area (Å²) in [5, 5.41) is 6.03. The second kappa shape index (κ2) is 5.14. The van der Waals surface area contributed by atoms with Crippen LogP contribution >= 0.6 is 0 Å². The molecule has 2 rings (SSSR count). The van der Waals surface area contributed by atoms with Gasteiger partial charge in [0.1, 0.15) is 5.82 Å². The molecule has 1 fully saturated rings. The molecule has 1 aliphatic rings. The molecule has 1 amide bonds. The molecule has 0 aromatic carbocycles. The van der Waals surface area contributed by atoms with E-state index in [1.165, 1.54) is 0 Å². The topological polar surface area (TPSA) is 57.3 Å². The molecule has 5 nitrogen and oxygen atoms in total. The first-order chi connectivity index (χ1) is 8.22. The summed E-state index contributed by atoms with van der Waals surface area (Å²) in [6.07, 6.45) is 1.77. The second-order valence-corrected chi connectivity index (χ2v) is 4.20. The molecule has 0 radical (unpaired) electrons. The summed E-state index contributed by atoms with van der Waals surface area (Å²) < 4.78 is 0. The predicted molar refractivity (Wildman–Crippen MR) is 66.9 cm³/mol. The molecule has 92 valence electrons. The lowest BCUT2D eigenvalue weighted by molar-refractivity contribution is -0.120. The van der Waals surface area contributed by atoms with Gasteiger partial charge in [-0.05, 0) is 20.0 Å². The van der Waals surface area contributed by atoms with Crippen LogP contribution in [0.3, 0.4) is 0 Å². The maximum Gasteiger partial charge on any atom is 0.239 e. The number of hydrogen-bond acceptors (Lipinski definition) is 4. The Morgan fingerprint density at radius 3 is 3.12 bits per heavy atom. The fourth-order valence-corrected chi connectivity index (χ4v) is 1.99. The van der Waals surface area contributed by atoms with Crippen molar-refractivity contribution in [2.24, 2.45) is 0 Å². The Morgan fingerprint density at radius 2 is 2.41 bits per heavy atom. The van der Waals surface area contributed by atoms with Crippen LogP contribution in [0.2, 0.25) is 0 Å². The summed E-state index contributed by atoms with van der Waals surface area (Å²) in [7, 11) is 1.92. The molecular formula is C12H18N4O. The summed E-state index contributed by atoms with van der Waals surface area (Å²) in [4.78, 5) is 17.8. The second-order valence-electron chi connectivity index (χ2n) is 4.20. The fourth-order valence-electron chi connectivity index (χ4n) is 1.99. The molecular weight excluding hydrogens is 216 g/mol. The number of carbonyl (C=O) groups is 1. The van der Waals surface area contributed by atoms with E-state index in [0.29, 0.717) is 13.1 Å². The van der Waals surface area contributed by atoms with Crippen LogP contribution in [-0.4, -0.2) is 37.6 Å². The molecule has 2 heterocycles. The largest absolute Gasteiger partial charge is 0.353 e. The average molecular weight is 234 g/mol. The Balaban J connectivity index is 2.27. The molecule has 0 spiro atoms. The van der Waals surface area contributed by atoms with Crippen molar-refractivity contribution in [3.05, 3.63) is 23.9 Å². The molecule has 5 heteroatoms. The van der Waals surface area contributed by atoms with Crippen molar-refractivity contribution < 1.29 is 4.79 Å². The third kappa shape index (κ3) is 2.55. The van der Waals surface area contributed by atoms with Crippen LogP contribution < -0.4 is 15.5 Å². The average Bonchev–Trinajstić information content (AvgIpc) is 2.38. The van der Waals surface area contributed by atoms with Crippen molar-refractivity contribution in [3.63, 3.8) is 0 Å². The van der Waals surface area contributed by atoms with Gasteiger partial charge in [-0.25, -0.2) is 4.98 Å². The minimum atomic E-state index is 0.0602. The molecule has 1 atom stereocenters. The van der Waals surface area contributed by atoms with Gasteiger partial charge in [0.2, 0.25) is 5.91 Å². The van der Waals surface area contributed by atoms with Crippen LogP contribution in [0.25, 0.3) is 0 Å². The molecule has 1 aromatic heterocycles. The van der Waals surface area contributed by atoms with E-state index in [1.807, 2.05) is 18.0 Å². The van der Waals surface area contributed by atoms with E-state index in [0.717, 1.165) is 17.9 Å². The highest BCUT2D eigenvalue weighted by atomic mass is 16.2. The van der Waals surface area contributed by atoms with Gasteiger partial charge in [0.15, 0.2) is 0 Å². The Kier molecular flexibility index (Phi) is 3.58. The van der Waals surface area contributed by atoms with Gasteiger partial charge < -0.3 is 15.5 Å². The molecule has 1 saturated heterocycles. The standard InChI is InChI=1S/C12H18N4O/c1-9(13-2)10-4-3-5-15-12(10)16-7-6-14-11(17)8-16/h3-5,9,13H,6-8H2,1-2H3,(H,14,17). The van der Waals surface area contributed by atoms with Crippen molar-refractivity contribution in [1.29, 1.82) is 0 Å². The maximum absolute atomic E-state index is 11.4. The first-order valence-corrected chi connectivity index (χ1v) is 5.86. The number of aromatic nitrogens is 1. The molecule has 0 aliphatic carbocycles. The number of nitrogens with one attached hydrogen (secondary N) is 2. The summed E-state index contributed by atoms with van der Waals surface area (Å²) in [6, 6.07) is 4.20. The lowest BCUT2D eigenvalue weighted by Gasteiger charge is -2.30. The Hall–Kier alpha value is -1.62. The van der Waals surface area contributed by atoms with Crippen molar-refractivity contribution in [2.75, 3.05) is 31.6 Å². The highest BCUT2D eigenvalue weighted by Gasteiger charge is 2.21. The third-order valence-electron chi connectivity index (χ3n) is 3.05. The zero-order chi connectivity index (χ0) is 12.3. The summed E-state index contributed by atoms with van der Waals surface area (Å²) in [5.74, 6) is 0.967. The minimum Gasteiger partial charge on any atom is -0.353 e. The van der Waals surface area contributed by atoms with Gasteiger partial charge in [0, 0.05) is 30.9 Å². The Bertz CT molecular complexity index is 407. The van der Waals surface area contributed by atoms with Crippen molar-refractivity contribution in [3.8, 4) is 0 Å². The van der Waals surface area contributed by atoms with E-state index in [4.69, 9.17) is 0 Å². The summed E-state index contributed by atoms with van der Waals surface area (Å²) >= 11 is 0. The van der Waals surface area contributed by atoms with Crippen LogP contribution in [0.1, 0.15) is 18.5 Å². The van der Waals surface area contributed by atoms with Gasteiger partial charge in [-0.3, -0.25) is 4.79 Å². The van der Waals surface area contributed by atoms with E-state index < -0.39 is 0 Å². The molecule has 0 bridgehead atoms. The molecule has 1 aliphatic heterocycles. The predicted octanol–water partition coefficient (Wildman–Crippen LogP) is 0.298. The maximum atomic E-state index is 11.4. The van der Waals surface area contributed by atoms with E-state index in [9.17, 15) is 4.79 Å². The number of nitrogens with zero attached hydrogens (tertiary/aromatic N) is 2. The zero-order valence-electron chi connectivity index (χ0n) is 10.2. The van der Waals surface area contributed by atoms with Crippen molar-refractivity contribution in [2.45, 2.75) is 13.0 Å². The molecule has 1 aromatic rings. The SMILES string of the molecule is CNC(C)c1cccnc1N1CCNC(=O)C1. The van der Waals surface area contributed by atoms with Gasteiger partial charge in [0.05, 0.1) is 6.54 Å². The van der Waals surface area contributed by atoms with Gasteiger partial charge in [-0.2, -0.15) is 0 Å². The minimum absolute atomic E-state index is 0.0602. The van der Waals surface area contributed by atoms with Crippen molar-refractivity contribution in [1.82, 2.24) is 15.6 Å². The number of rotatable bonds is 3. The van der Waals surface area contributed by atoms with Crippen LogP contribution in [0.4, 0.5) is 5.82 Å². The lowest BCUT2D eigenvalue weighted by Crippen LogP contribution is -2.48. The molecule has 0 saturated carbocycles. The molecule has 2 N–H and O–H groups in total. The normalized spacial score (nSPS) is 17.8. The van der Waals surface area contributed by atoms with Crippen LogP contribution in [0.15, 0.2) is 18.3 Å². The number of amides is 1. The lowest BCUT2D eigenvalue weighted by atomic mass is 10.1. The summed E-state index contributed by atoms with van der Waals surface area (Å²) in [6.45, 7) is 3.97. The smallest absolute Gasteiger partial charge is 0.239 e. The first kappa shape index (κ1) is 11.9. The first-order valence-electron chi connectivity index (χ1n) is 5.86. The quantitative estimate of drug-likeness (QED) is 0.789. The number of anilines is 1. The number of carbonyl (C=O) groups excluding carboxylic acids is 1. The summed E-state index contributed by atoms with van der Waals surface area (Å²) in [5.41, 5.74) is 1.13. The van der Waals surface area contributed by atoms with E-state index in [1.54, 1.807) is 6.20 Å². The Morgan fingerprint density at radius 1 is 1.59 bits per heavy atom. The zero-order valence-corrected chi connectivity index (χ0v) is 10.2. The highest BCUT2D eigenvalue weighted by molar-refractivity contribution is 5.82. The number of piperazine rings is 1. The fraction of sp³-hybridized carbons (Fsp3) is 0.500. The van der Waals surface area contributed by atoms with Gasteiger partial charge >= 0.3 is 0 Å². The Labute approximate surface area is 101 Å². The van der Waals surface area contributed by atoms with E-state index in [2.05, 4.69) is 28.6 Å². The number of hydrogen-bond donors (Lipinski definition) is 2. The van der Waals surface area contributed by atoms with Gasteiger partial charge in [0.25, 0.3) is 0 Å². The van der Waals surface area contributed by atoms with Crippen molar-refractivity contribution >= 4 is 11.7 Å². The van der Waals surface area contributed by atoms with Gasteiger partial charge in [-0.1, -0.05) is 6.07 Å². The molecule has 1 unspecified atom stereocenters. The van der Waals surface area contributed by atoms with Crippen LogP contribution in [0.5, 0.6) is 0 Å². The monoisotopic (exact) mass is 234 g/mol. The van der Waals surface area contributed by atoms with Gasteiger partial charge in [-0.15, -0.1) is 0 Å². The molecule has 17 heavy (non-hydrogen) atoms. The van der Waals surface area contributed by atoms with Crippen LogP contribution in [0, 0.1) is 0 Å². The highest BCUT2D eigenvalue weighted by Crippen LogP contribution is 2.23. The number of pyridine rings is 1. The third-order valence-corrected chi connectivity index (χ3v) is 3.05.